The minimum atomic E-state index is -5.74. The molecule has 0 bridgehead atoms. The van der Waals surface area contributed by atoms with Crippen molar-refractivity contribution in [2.75, 3.05) is 5.32 Å². The predicted octanol–water partition coefficient (Wildman–Crippen LogP) is 4.75. The van der Waals surface area contributed by atoms with Crippen molar-refractivity contribution in [2.45, 2.75) is 25.7 Å². The van der Waals surface area contributed by atoms with Crippen LogP contribution in [0.25, 0.3) is 0 Å². The first-order valence-electron chi connectivity index (χ1n) is 5.66. The van der Waals surface area contributed by atoms with E-state index >= 15 is 0 Å². The van der Waals surface area contributed by atoms with E-state index < -0.39 is 30.1 Å². The third-order valence-electron chi connectivity index (χ3n) is 2.99. The molecule has 2 nitrogen and oxygen atoms in total. The van der Waals surface area contributed by atoms with Crippen LogP contribution in [-0.2, 0) is 4.79 Å². The van der Waals surface area contributed by atoms with Gasteiger partial charge in [0.25, 0.3) is 0 Å². The predicted molar refractivity (Wildman–Crippen MR) is 72.6 cm³/mol. The zero-order valence-corrected chi connectivity index (χ0v) is 12.7. The highest BCUT2D eigenvalue weighted by Crippen LogP contribution is 2.53. The number of hydrogen-bond acceptors (Lipinski definition) is 1. The molecule has 9 heteroatoms. The van der Waals surface area contributed by atoms with Crippen molar-refractivity contribution in [3.05, 3.63) is 27.8 Å². The highest BCUT2D eigenvalue weighted by molar-refractivity contribution is 14.1. The van der Waals surface area contributed by atoms with E-state index in [0.717, 1.165) is 3.57 Å². The third kappa shape index (κ3) is 3.43. The summed E-state index contributed by atoms with van der Waals surface area (Å²) in [6, 6.07) is 5.36. The summed E-state index contributed by atoms with van der Waals surface area (Å²) < 4.78 is 78.2. The van der Waals surface area contributed by atoms with Gasteiger partial charge in [0.2, 0.25) is 11.3 Å². The second-order valence-corrected chi connectivity index (χ2v) is 5.46. The van der Waals surface area contributed by atoms with Gasteiger partial charge in [0.05, 0.1) is 0 Å². The average molecular weight is 425 g/mol. The van der Waals surface area contributed by atoms with E-state index in [0.29, 0.717) is 6.92 Å². The van der Waals surface area contributed by atoms with Crippen molar-refractivity contribution in [1.29, 1.82) is 0 Å². The molecule has 0 saturated heterocycles. The molecule has 0 radical (unpaired) electrons. The lowest BCUT2D eigenvalue weighted by Gasteiger charge is -2.34. The van der Waals surface area contributed by atoms with Crippen LogP contribution in [0.1, 0.15) is 13.3 Å². The molecule has 0 aliphatic heterocycles. The Bertz CT molecular complexity index is 494. The highest BCUT2D eigenvalue weighted by Gasteiger charge is 2.74. The second kappa shape index (κ2) is 6.01. The lowest BCUT2D eigenvalue weighted by Crippen LogP contribution is -2.57. The first kappa shape index (κ1) is 18.1. The second-order valence-electron chi connectivity index (χ2n) is 4.22. The van der Waals surface area contributed by atoms with Gasteiger partial charge in [0.15, 0.2) is 0 Å². The van der Waals surface area contributed by atoms with Gasteiger partial charge in [-0.2, -0.15) is 26.3 Å². The van der Waals surface area contributed by atoms with Gasteiger partial charge in [-0.05, 0) is 53.3 Å². The number of alkyl halides is 6. The summed E-state index contributed by atoms with van der Waals surface area (Å²) in [5.41, 5.74) is -4.56. The van der Waals surface area contributed by atoms with E-state index in [-0.39, 0.29) is 5.69 Å². The maximum atomic E-state index is 12.9. The van der Waals surface area contributed by atoms with E-state index in [1.54, 1.807) is 5.32 Å². The molecular formula is C12H10F6INO. The number of benzene rings is 1. The number of amides is 1. The Kier molecular flexibility index (Phi) is 5.17. The molecular weight excluding hydrogens is 415 g/mol. The van der Waals surface area contributed by atoms with Crippen molar-refractivity contribution >= 4 is 34.2 Å². The zero-order chi connectivity index (χ0) is 16.5. The SMILES string of the molecule is CCC(C(=O)Nc1ccc(I)cc1)(C(F)(F)F)C(F)(F)F. The molecule has 21 heavy (non-hydrogen) atoms. The van der Waals surface area contributed by atoms with Gasteiger partial charge >= 0.3 is 12.4 Å². The van der Waals surface area contributed by atoms with Crippen LogP contribution in [0, 0.1) is 8.99 Å². The molecule has 0 spiro atoms. The van der Waals surface area contributed by atoms with Crippen LogP contribution in [0.4, 0.5) is 32.0 Å². The first-order valence-corrected chi connectivity index (χ1v) is 6.74. The Morgan fingerprint density at radius 1 is 1.05 bits per heavy atom. The summed E-state index contributed by atoms with van der Waals surface area (Å²) in [5.74, 6) is -2.13. The van der Waals surface area contributed by atoms with Crippen molar-refractivity contribution in [3.63, 3.8) is 0 Å². The Morgan fingerprint density at radius 3 is 1.81 bits per heavy atom. The summed E-state index contributed by atoms with van der Waals surface area (Å²) >= 11 is 1.91. The Labute approximate surface area is 130 Å². The zero-order valence-electron chi connectivity index (χ0n) is 10.6. The Balaban J connectivity index is 3.21. The molecule has 1 rings (SSSR count). The van der Waals surface area contributed by atoms with Gasteiger partial charge in [-0.15, -0.1) is 0 Å². The minimum absolute atomic E-state index is 0.133. The largest absolute Gasteiger partial charge is 0.412 e. The number of halogens is 7. The van der Waals surface area contributed by atoms with Crippen LogP contribution in [0.5, 0.6) is 0 Å². The number of carbonyl (C=O) groups is 1. The number of rotatable bonds is 3. The number of hydrogen-bond donors (Lipinski definition) is 1. The minimum Gasteiger partial charge on any atom is -0.325 e. The van der Waals surface area contributed by atoms with Gasteiger partial charge < -0.3 is 5.32 Å². The molecule has 1 amide bonds. The molecule has 0 aromatic heterocycles. The van der Waals surface area contributed by atoms with Gasteiger partial charge in [-0.3, -0.25) is 4.79 Å². The standard InChI is InChI=1S/C12H10F6INO/c1-2-10(11(13,14)15,12(16,17)18)9(21)20-8-5-3-7(19)4-6-8/h3-6H,2H2,1H3,(H,20,21). The average Bonchev–Trinajstić information content (AvgIpc) is 2.29. The van der Waals surface area contributed by atoms with Gasteiger partial charge in [0.1, 0.15) is 0 Å². The molecule has 1 aromatic carbocycles. The number of nitrogens with one attached hydrogen (secondary N) is 1. The summed E-state index contributed by atoms with van der Waals surface area (Å²) in [6.45, 7) is 0.675. The van der Waals surface area contributed by atoms with E-state index in [4.69, 9.17) is 0 Å². The van der Waals surface area contributed by atoms with Crippen LogP contribution in [0.15, 0.2) is 24.3 Å². The molecule has 0 unspecified atom stereocenters. The molecule has 1 N–H and O–H groups in total. The van der Waals surface area contributed by atoms with E-state index in [9.17, 15) is 31.1 Å². The monoisotopic (exact) mass is 425 g/mol. The fourth-order valence-electron chi connectivity index (χ4n) is 1.75. The smallest absolute Gasteiger partial charge is 0.325 e. The molecule has 0 saturated carbocycles. The van der Waals surface area contributed by atoms with Crippen molar-refractivity contribution in [3.8, 4) is 0 Å². The van der Waals surface area contributed by atoms with Gasteiger partial charge in [-0.25, -0.2) is 0 Å². The van der Waals surface area contributed by atoms with Crippen molar-refractivity contribution in [2.24, 2.45) is 5.41 Å². The van der Waals surface area contributed by atoms with E-state index in [1.807, 2.05) is 22.6 Å². The van der Waals surface area contributed by atoms with Crippen molar-refractivity contribution < 1.29 is 31.1 Å². The first-order chi connectivity index (χ1) is 9.45. The molecule has 0 aliphatic carbocycles. The number of anilines is 1. The number of carbonyl (C=O) groups excluding carboxylic acids is 1. The van der Waals surface area contributed by atoms with Crippen LogP contribution >= 0.6 is 22.6 Å². The normalized spacial score (nSPS) is 13.1. The quantitative estimate of drug-likeness (QED) is 0.550. The summed E-state index contributed by atoms with van der Waals surface area (Å²) in [5, 5.41) is 1.69. The molecule has 118 valence electrons. The lowest BCUT2D eigenvalue weighted by atomic mass is 9.82. The summed E-state index contributed by atoms with van der Waals surface area (Å²) in [7, 11) is 0. The van der Waals surface area contributed by atoms with Crippen LogP contribution in [-0.4, -0.2) is 18.3 Å². The lowest BCUT2D eigenvalue weighted by molar-refractivity contribution is -0.324. The summed E-state index contributed by atoms with van der Waals surface area (Å²) in [4.78, 5) is 11.7. The highest BCUT2D eigenvalue weighted by atomic mass is 127. The Morgan fingerprint density at radius 2 is 1.48 bits per heavy atom. The van der Waals surface area contributed by atoms with Crippen LogP contribution < -0.4 is 5.32 Å². The fourth-order valence-corrected chi connectivity index (χ4v) is 2.11. The maximum absolute atomic E-state index is 12.9. The van der Waals surface area contributed by atoms with E-state index in [1.165, 1.54) is 24.3 Å². The fraction of sp³-hybridized carbons (Fsp3) is 0.417. The Hall–Kier alpha value is -1.00. The molecule has 0 aliphatic rings. The molecule has 0 heterocycles. The van der Waals surface area contributed by atoms with Crippen LogP contribution in [0.3, 0.4) is 0 Å². The molecule has 1 aromatic rings. The third-order valence-corrected chi connectivity index (χ3v) is 3.71. The van der Waals surface area contributed by atoms with Gasteiger partial charge in [0, 0.05) is 9.26 Å². The van der Waals surface area contributed by atoms with Crippen LogP contribution in [0.2, 0.25) is 0 Å². The topological polar surface area (TPSA) is 29.1 Å². The maximum Gasteiger partial charge on any atom is 0.412 e. The molecule has 0 atom stereocenters. The van der Waals surface area contributed by atoms with Gasteiger partial charge in [-0.1, -0.05) is 6.92 Å². The van der Waals surface area contributed by atoms with Crippen molar-refractivity contribution in [1.82, 2.24) is 0 Å². The molecule has 0 fully saturated rings. The van der Waals surface area contributed by atoms with E-state index in [2.05, 4.69) is 0 Å². The summed E-state index contributed by atoms with van der Waals surface area (Å²) in [6.07, 6.45) is -12.9.